The van der Waals surface area contributed by atoms with Gasteiger partial charge in [-0.1, -0.05) is 18.2 Å². The number of carbonyl (C=O) groups excluding carboxylic acids is 1. The van der Waals surface area contributed by atoms with E-state index in [4.69, 9.17) is 4.74 Å². The Morgan fingerprint density at radius 1 is 1.03 bits per heavy atom. The molecule has 2 aromatic heterocycles. The van der Waals surface area contributed by atoms with Gasteiger partial charge in [-0.15, -0.1) is 0 Å². The largest absolute Gasteiger partial charge is 0.485 e. The number of rotatable bonds is 5. The van der Waals surface area contributed by atoms with Crippen LogP contribution in [0.2, 0.25) is 0 Å². The Morgan fingerprint density at radius 2 is 1.81 bits per heavy atom. The lowest BCUT2D eigenvalue weighted by molar-refractivity contribution is 0.261. The molecule has 0 unspecified atom stereocenters. The van der Waals surface area contributed by atoms with Gasteiger partial charge in [0.15, 0.2) is 0 Å². The Labute approximate surface area is 181 Å². The first kappa shape index (κ1) is 21.0. The van der Waals surface area contributed by atoms with E-state index in [-0.39, 0.29) is 17.9 Å². The van der Waals surface area contributed by atoms with E-state index in [1.165, 1.54) is 10.5 Å². The molecule has 7 nitrogen and oxygen atoms in total. The number of carbonyl (C=O) groups is 1. The van der Waals surface area contributed by atoms with Crippen LogP contribution < -0.4 is 20.9 Å². The summed E-state index contributed by atoms with van der Waals surface area (Å²) in [5.41, 5.74) is 1.77. The van der Waals surface area contributed by atoms with Gasteiger partial charge in [0.05, 0.1) is 17.1 Å². The lowest BCUT2D eigenvalue weighted by Gasteiger charge is -2.13. The number of ether oxygens (including phenoxy) is 1. The molecule has 0 bridgehead atoms. The zero-order valence-corrected chi connectivity index (χ0v) is 16.9. The molecule has 0 spiro atoms. The van der Waals surface area contributed by atoms with Crippen LogP contribution in [0.5, 0.6) is 5.75 Å². The second kappa shape index (κ2) is 8.84. The summed E-state index contributed by atoms with van der Waals surface area (Å²) in [4.78, 5) is 29.0. The molecule has 0 fully saturated rings. The van der Waals surface area contributed by atoms with Crippen LogP contribution in [-0.4, -0.2) is 15.4 Å². The Bertz CT molecular complexity index is 1370. The third kappa shape index (κ3) is 4.72. The number of amides is 2. The number of nitrogens with zero attached hydrogens (tertiary/aromatic N) is 2. The Hall–Kier alpha value is -4.27. The van der Waals surface area contributed by atoms with Gasteiger partial charge in [0.2, 0.25) is 0 Å². The molecule has 0 atom stereocenters. The van der Waals surface area contributed by atoms with E-state index in [0.717, 1.165) is 17.7 Å². The number of fused-ring (bicyclic) bond motifs is 1. The minimum atomic E-state index is -0.895. The summed E-state index contributed by atoms with van der Waals surface area (Å²) in [5, 5.41) is 4.88. The van der Waals surface area contributed by atoms with Gasteiger partial charge in [-0.2, -0.15) is 0 Å². The van der Waals surface area contributed by atoms with Crippen LogP contribution in [-0.2, 0) is 6.61 Å². The number of pyridine rings is 1. The zero-order chi connectivity index (χ0) is 22.7. The van der Waals surface area contributed by atoms with Crippen LogP contribution in [0.3, 0.4) is 0 Å². The van der Waals surface area contributed by atoms with Crippen molar-refractivity contribution in [3.05, 3.63) is 100 Å². The fourth-order valence-electron chi connectivity index (χ4n) is 3.05. The minimum Gasteiger partial charge on any atom is -0.485 e. The quantitative estimate of drug-likeness (QED) is 0.482. The van der Waals surface area contributed by atoms with Gasteiger partial charge in [-0.25, -0.2) is 18.6 Å². The van der Waals surface area contributed by atoms with Crippen LogP contribution in [0, 0.1) is 18.6 Å². The van der Waals surface area contributed by atoms with Crippen LogP contribution in [0.1, 0.15) is 11.3 Å². The predicted molar refractivity (Wildman–Crippen MR) is 116 cm³/mol. The number of anilines is 2. The molecule has 162 valence electrons. The summed E-state index contributed by atoms with van der Waals surface area (Å²) in [6.45, 7) is 1.87. The highest BCUT2D eigenvalue weighted by atomic mass is 19.1. The summed E-state index contributed by atoms with van der Waals surface area (Å²) in [7, 11) is 0. The Kier molecular flexibility index (Phi) is 5.80. The molecule has 9 heteroatoms. The van der Waals surface area contributed by atoms with Crippen molar-refractivity contribution in [1.29, 1.82) is 0 Å². The zero-order valence-electron chi connectivity index (χ0n) is 16.9. The summed E-state index contributed by atoms with van der Waals surface area (Å²) >= 11 is 0. The van der Waals surface area contributed by atoms with Crippen LogP contribution in [0.15, 0.2) is 71.7 Å². The summed E-state index contributed by atoms with van der Waals surface area (Å²) < 4.78 is 34.0. The van der Waals surface area contributed by atoms with E-state index in [1.54, 1.807) is 36.5 Å². The normalized spacial score (nSPS) is 10.7. The van der Waals surface area contributed by atoms with Crippen molar-refractivity contribution in [1.82, 2.24) is 9.38 Å². The number of aryl methyl sites for hydroxylation is 1. The molecule has 4 aromatic rings. The molecule has 0 saturated carbocycles. The second-order valence-electron chi connectivity index (χ2n) is 7.01. The molecule has 2 aromatic carbocycles. The Balaban J connectivity index is 1.48. The van der Waals surface area contributed by atoms with Crippen molar-refractivity contribution < 1.29 is 18.3 Å². The van der Waals surface area contributed by atoms with Crippen molar-refractivity contribution in [3.8, 4) is 5.75 Å². The summed E-state index contributed by atoms with van der Waals surface area (Å²) in [6.07, 6.45) is 1.71. The summed E-state index contributed by atoms with van der Waals surface area (Å²) in [5.74, 6) is -1.31. The molecule has 0 aliphatic rings. The van der Waals surface area contributed by atoms with Gasteiger partial charge in [0, 0.05) is 18.3 Å². The van der Waals surface area contributed by atoms with Gasteiger partial charge in [0.25, 0.3) is 5.56 Å². The van der Waals surface area contributed by atoms with Crippen molar-refractivity contribution in [2.45, 2.75) is 13.5 Å². The average Bonchev–Trinajstić information content (AvgIpc) is 2.76. The van der Waals surface area contributed by atoms with E-state index in [9.17, 15) is 18.4 Å². The third-order valence-electron chi connectivity index (χ3n) is 4.55. The first-order valence-electron chi connectivity index (χ1n) is 9.63. The van der Waals surface area contributed by atoms with Gasteiger partial charge in [0.1, 0.15) is 29.6 Å². The first-order valence-corrected chi connectivity index (χ1v) is 9.63. The number of hydrogen-bond acceptors (Lipinski definition) is 4. The number of benzene rings is 2. The monoisotopic (exact) mass is 436 g/mol. The molecular formula is C23H18F2N4O3. The smallest absolute Gasteiger partial charge is 0.323 e. The lowest BCUT2D eigenvalue weighted by Crippen LogP contribution is -2.21. The molecule has 4 rings (SSSR count). The highest BCUT2D eigenvalue weighted by Gasteiger charge is 2.12. The highest BCUT2D eigenvalue weighted by Crippen LogP contribution is 2.25. The number of halogens is 2. The standard InChI is InChI=1S/C23H18F2N4O3/c1-14-6-9-21-26-16(11-22(30)29(21)12-14)13-32-20-5-3-2-4-19(20)28-23(31)27-18-8-7-15(24)10-17(18)25/h2-12H,13H2,1H3,(H2,27,28,31). The molecular weight excluding hydrogens is 418 g/mol. The molecule has 2 N–H and O–H groups in total. The second-order valence-corrected chi connectivity index (χ2v) is 7.01. The number of aromatic nitrogens is 2. The first-order chi connectivity index (χ1) is 15.4. The van der Waals surface area contributed by atoms with E-state index in [2.05, 4.69) is 15.6 Å². The van der Waals surface area contributed by atoms with E-state index in [1.807, 2.05) is 13.0 Å². The third-order valence-corrected chi connectivity index (χ3v) is 4.55. The topological polar surface area (TPSA) is 84.7 Å². The van der Waals surface area contributed by atoms with Crippen LogP contribution >= 0.6 is 0 Å². The van der Waals surface area contributed by atoms with Crippen LogP contribution in [0.25, 0.3) is 5.65 Å². The van der Waals surface area contributed by atoms with Gasteiger partial charge in [-0.3, -0.25) is 9.20 Å². The van der Waals surface area contributed by atoms with E-state index >= 15 is 0 Å². The molecule has 0 radical (unpaired) electrons. The molecule has 2 heterocycles. The van der Waals surface area contributed by atoms with Crippen molar-refractivity contribution in [2.75, 3.05) is 10.6 Å². The maximum Gasteiger partial charge on any atom is 0.323 e. The van der Waals surface area contributed by atoms with Crippen molar-refractivity contribution in [3.63, 3.8) is 0 Å². The van der Waals surface area contributed by atoms with Gasteiger partial charge < -0.3 is 15.4 Å². The minimum absolute atomic E-state index is 0.00742. The van der Waals surface area contributed by atoms with Gasteiger partial charge >= 0.3 is 6.03 Å². The van der Waals surface area contributed by atoms with Gasteiger partial charge in [-0.05, 0) is 42.8 Å². The number of urea groups is 1. The van der Waals surface area contributed by atoms with E-state index in [0.29, 0.717) is 28.8 Å². The molecule has 2 amide bonds. The molecule has 0 saturated heterocycles. The van der Waals surface area contributed by atoms with Crippen molar-refractivity contribution in [2.24, 2.45) is 0 Å². The predicted octanol–water partition coefficient (Wildman–Crippen LogP) is 4.50. The maximum atomic E-state index is 13.8. The SMILES string of the molecule is Cc1ccc2nc(COc3ccccc3NC(=O)Nc3ccc(F)cc3F)cc(=O)n2c1. The fraction of sp³-hybridized carbons (Fsp3) is 0.0870. The maximum absolute atomic E-state index is 13.8. The lowest BCUT2D eigenvalue weighted by atomic mass is 10.3. The fourth-order valence-corrected chi connectivity index (χ4v) is 3.05. The molecule has 0 aliphatic heterocycles. The van der Waals surface area contributed by atoms with E-state index < -0.39 is 17.7 Å². The molecule has 32 heavy (non-hydrogen) atoms. The molecule has 0 aliphatic carbocycles. The van der Waals surface area contributed by atoms with Crippen LogP contribution in [0.4, 0.5) is 25.0 Å². The number of nitrogens with one attached hydrogen (secondary N) is 2. The highest BCUT2D eigenvalue weighted by molar-refractivity contribution is 6.00. The van der Waals surface area contributed by atoms with Crippen molar-refractivity contribution >= 4 is 23.1 Å². The number of hydrogen-bond donors (Lipinski definition) is 2. The Morgan fingerprint density at radius 3 is 2.62 bits per heavy atom. The average molecular weight is 436 g/mol. The summed E-state index contributed by atoms with van der Waals surface area (Å²) in [6, 6.07) is 13.7. The number of para-hydroxylation sites is 2.